The van der Waals surface area contributed by atoms with Crippen LogP contribution in [-0.4, -0.2) is 25.2 Å². The highest BCUT2D eigenvalue weighted by molar-refractivity contribution is 9.09. The number of carbonyl (C=O) groups excluding carboxylic acids is 1. The van der Waals surface area contributed by atoms with Crippen LogP contribution in [0.25, 0.3) is 0 Å². The van der Waals surface area contributed by atoms with E-state index in [0.717, 1.165) is 49.1 Å². The fourth-order valence-electron chi connectivity index (χ4n) is 2.81. The highest BCUT2D eigenvalue weighted by atomic mass is 79.9. The molecule has 0 aromatic heterocycles. The second-order valence-electron chi connectivity index (χ2n) is 5.23. The van der Waals surface area contributed by atoms with Gasteiger partial charge in [-0.25, -0.2) is 0 Å². The van der Waals surface area contributed by atoms with E-state index < -0.39 is 0 Å². The van der Waals surface area contributed by atoms with Crippen molar-refractivity contribution in [3.05, 3.63) is 34.9 Å². The molecule has 0 aliphatic carbocycles. The van der Waals surface area contributed by atoms with E-state index in [9.17, 15) is 4.79 Å². The Bertz CT molecular complexity index is 483. The third kappa shape index (κ3) is 2.70. The minimum Gasteiger partial charge on any atom is -0.377 e. The summed E-state index contributed by atoms with van der Waals surface area (Å²) >= 11 is 3.74. The van der Waals surface area contributed by atoms with Crippen LogP contribution in [0.1, 0.15) is 45.6 Å². The molecule has 102 valence electrons. The lowest BCUT2D eigenvalue weighted by Gasteiger charge is -2.28. The van der Waals surface area contributed by atoms with Gasteiger partial charge in [0.1, 0.15) is 0 Å². The smallest absolute Gasteiger partial charge is 0.251 e. The highest BCUT2D eigenvalue weighted by Gasteiger charge is 2.25. The number of ether oxygens (including phenoxy) is 1. The number of hydrogen-bond donors (Lipinski definition) is 1. The van der Waals surface area contributed by atoms with Crippen LogP contribution in [0, 0.1) is 0 Å². The minimum atomic E-state index is 0.0485. The van der Waals surface area contributed by atoms with Gasteiger partial charge in [-0.15, -0.1) is 0 Å². The molecule has 3 rings (SSSR count). The lowest BCUT2D eigenvalue weighted by Crippen LogP contribution is -2.32. The van der Waals surface area contributed by atoms with E-state index in [-0.39, 0.29) is 16.8 Å². The van der Waals surface area contributed by atoms with Gasteiger partial charge in [0.15, 0.2) is 0 Å². The molecule has 0 bridgehead atoms. The number of amides is 1. The normalized spacial score (nSPS) is 24.5. The molecule has 1 aromatic rings. The standard InChI is InChI=1S/C15H18BrNO2/c16-14(13-3-1-2-8-19-13)11-5-4-10-6-7-17-15(18)12(10)9-11/h4-5,9,13-14H,1-3,6-8H2,(H,17,18). The van der Waals surface area contributed by atoms with Gasteiger partial charge in [0.25, 0.3) is 5.91 Å². The van der Waals surface area contributed by atoms with Crippen molar-refractivity contribution in [3.8, 4) is 0 Å². The van der Waals surface area contributed by atoms with Gasteiger partial charge in [0, 0.05) is 18.7 Å². The Balaban J connectivity index is 1.84. The monoisotopic (exact) mass is 323 g/mol. The average molecular weight is 324 g/mol. The summed E-state index contributed by atoms with van der Waals surface area (Å²) in [4.78, 5) is 12.1. The molecule has 3 nitrogen and oxygen atoms in total. The van der Waals surface area contributed by atoms with Crippen LogP contribution in [0.2, 0.25) is 0 Å². The molecular formula is C15H18BrNO2. The molecule has 1 N–H and O–H groups in total. The van der Waals surface area contributed by atoms with Gasteiger partial charge in [0.05, 0.1) is 10.9 Å². The largest absolute Gasteiger partial charge is 0.377 e. The van der Waals surface area contributed by atoms with Crippen molar-refractivity contribution in [2.24, 2.45) is 0 Å². The van der Waals surface area contributed by atoms with E-state index in [1.54, 1.807) is 0 Å². The predicted octanol–water partition coefficient (Wildman–Crippen LogP) is 2.98. The van der Waals surface area contributed by atoms with Crippen LogP contribution in [0.4, 0.5) is 0 Å². The zero-order chi connectivity index (χ0) is 13.2. The van der Waals surface area contributed by atoms with E-state index >= 15 is 0 Å². The molecule has 0 radical (unpaired) electrons. The van der Waals surface area contributed by atoms with E-state index in [2.05, 4.69) is 33.4 Å². The molecule has 0 saturated carbocycles. The van der Waals surface area contributed by atoms with E-state index in [0.29, 0.717) is 0 Å². The van der Waals surface area contributed by atoms with Crippen molar-refractivity contribution in [1.82, 2.24) is 5.32 Å². The molecule has 1 fully saturated rings. The maximum absolute atomic E-state index is 11.9. The molecule has 0 spiro atoms. The van der Waals surface area contributed by atoms with Crippen LogP contribution in [0.15, 0.2) is 18.2 Å². The van der Waals surface area contributed by atoms with Crippen LogP contribution < -0.4 is 5.32 Å². The first-order chi connectivity index (χ1) is 9.25. The fourth-order valence-corrected chi connectivity index (χ4v) is 3.51. The Labute approximate surface area is 121 Å². The molecule has 2 heterocycles. The third-order valence-corrected chi connectivity index (χ3v) is 5.04. The van der Waals surface area contributed by atoms with Crippen LogP contribution >= 0.6 is 15.9 Å². The number of carbonyl (C=O) groups is 1. The maximum atomic E-state index is 11.9. The summed E-state index contributed by atoms with van der Waals surface area (Å²) in [5.74, 6) is 0.0485. The summed E-state index contributed by atoms with van der Waals surface area (Å²) < 4.78 is 5.82. The van der Waals surface area contributed by atoms with Gasteiger partial charge >= 0.3 is 0 Å². The summed E-state index contributed by atoms with van der Waals surface area (Å²) in [6, 6.07) is 6.22. The van der Waals surface area contributed by atoms with Gasteiger partial charge in [-0.3, -0.25) is 4.79 Å². The lowest BCUT2D eigenvalue weighted by molar-refractivity contribution is 0.0160. The summed E-state index contributed by atoms with van der Waals surface area (Å²) in [6.07, 6.45) is 4.60. The van der Waals surface area contributed by atoms with Crippen molar-refractivity contribution in [2.45, 2.75) is 36.6 Å². The summed E-state index contributed by atoms with van der Waals surface area (Å²) in [5, 5.41) is 2.90. The zero-order valence-electron chi connectivity index (χ0n) is 10.8. The molecule has 2 atom stereocenters. The Morgan fingerprint density at radius 2 is 2.26 bits per heavy atom. The Hall–Kier alpha value is -0.870. The number of fused-ring (bicyclic) bond motifs is 1. The first-order valence-corrected chi connectivity index (χ1v) is 7.84. The number of nitrogens with one attached hydrogen (secondary N) is 1. The van der Waals surface area contributed by atoms with Gasteiger partial charge in [0.2, 0.25) is 0 Å². The van der Waals surface area contributed by atoms with E-state index in [1.165, 1.54) is 6.42 Å². The molecule has 1 aromatic carbocycles. The van der Waals surface area contributed by atoms with E-state index in [4.69, 9.17) is 4.74 Å². The zero-order valence-corrected chi connectivity index (χ0v) is 12.4. The van der Waals surface area contributed by atoms with Crippen molar-refractivity contribution in [1.29, 1.82) is 0 Å². The van der Waals surface area contributed by atoms with Crippen molar-refractivity contribution in [2.75, 3.05) is 13.2 Å². The molecule has 4 heteroatoms. The van der Waals surface area contributed by atoms with Gasteiger partial charge in [-0.05, 0) is 42.9 Å². The summed E-state index contributed by atoms with van der Waals surface area (Å²) in [5.41, 5.74) is 3.11. The number of halogens is 1. The van der Waals surface area contributed by atoms with Crippen LogP contribution in [0.5, 0.6) is 0 Å². The first kappa shape index (κ1) is 13.1. The molecule has 2 aliphatic rings. The van der Waals surface area contributed by atoms with Crippen molar-refractivity contribution in [3.63, 3.8) is 0 Å². The predicted molar refractivity (Wildman–Crippen MR) is 77.7 cm³/mol. The Morgan fingerprint density at radius 1 is 1.37 bits per heavy atom. The Kier molecular flexibility index (Phi) is 3.89. The third-order valence-electron chi connectivity index (χ3n) is 3.92. The minimum absolute atomic E-state index is 0.0485. The Morgan fingerprint density at radius 3 is 3.05 bits per heavy atom. The molecule has 19 heavy (non-hydrogen) atoms. The lowest BCUT2D eigenvalue weighted by atomic mass is 9.94. The number of alkyl halides is 1. The maximum Gasteiger partial charge on any atom is 0.251 e. The molecular weight excluding hydrogens is 306 g/mol. The topological polar surface area (TPSA) is 38.3 Å². The highest BCUT2D eigenvalue weighted by Crippen LogP contribution is 2.34. The van der Waals surface area contributed by atoms with Gasteiger partial charge in [-0.1, -0.05) is 28.1 Å². The quantitative estimate of drug-likeness (QED) is 0.850. The van der Waals surface area contributed by atoms with Crippen LogP contribution in [0.3, 0.4) is 0 Å². The molecule has 2 unspecified atom stereocenters. The molecule has 2 aliphatic heterocycles. The van der Waals surface area contributed by atoms with Gasteiger partial charge < -0.3 is 10.1 Å². The first-order valence-electron chi connectivity index (χ1n) is 6.92. The van der Waals surface area contributed by atoms with Crippen molar-refractivity contribution < 1.29 is 9.53 Å². The van der Waals surface area contributed by atoms with Crippen LogP contribution in [-0.2, 0) is 11.2 Å². The molecule has 1 saturated heterocycles. The van der Waals surface area contributed by atoms with E-state index in [1.807, 2.05) is 6.07 Å². The second kappa shape index (κ2) is 5.63. The van der Waals surface area contributed by atoms with Gasteiger partial charge in [-0.2, -0.15) is 0 Å². The summed E-state index contributed by atoms with van der Waals surface area (Å²) in [6.45, 7) is 1.59. The fraction of sp³-hybridized carbons (Fsp3) is 0.533. The van der Waals surface area contributed by atoms with Crippen molar-refractivity contribution >= 4 is 21.8 Å². The average Bonchev–Trinajstić information content (AvgIpc) is 2.47. The molecule has 1 amide bonds. The number of benzene rings is 1. The second-order valence-corrected chi connectivity index (χ2v) is 6.22. The number of rotatable bonds is 2. The number of hydrogen-bond acceptors (Lipinski definition) is 2. The SMILES string of the molecule is O=C1NCCc2ccc(C(Br)C3CCCCO3)cc21. The summed E-state index contributed by atoms with van der Waals surface area (Å²) in [7, 11) is 0.